The molecule has 1 saturated carbocycles. The lowest BCUT2D eigenvalue weighted by atomic mass is 9.73. The van der Waals surface area contributed by atoms with Crippen molar-refractivity contribution in [3.8, 4) is 0 Å². The minimum Gasteiger partial charge on any atom is -0.359 e. The Morgan fingerprint density at radius 1 is 1.10 bits per heavy atom. The summed E-state index contributed by atoms with van der Waals surface area (Å²) >= 11 is 6.13. The highest BCUT2D eigenvalue weighted by atomic mass is 35.5. The first-order valence-corrected chi connectivity index (χ1v) is 15.4. The molecule has 5 aliphatic rings. The van der Waals surface area contributed by atoms with Crippen LogP contribution in [0.25, 0.3) is 0 Å². The molecule has 1 aromatic carbocycles. The summed E-state index contributed by atoms with van der Waals surface area (Å²) in [7, 11) is 0. The van der Waals surface area contributed by atoms with E-state index in [9.17, 15) is 14.4 Å². The van der Waals surface area contributed by atoms with Gasteiger partial charge >= 0.3 is 0 Å². The van der Waals surface area contributed by atoms with Crippen LogP contribution in [-0.2, 0) is 19.1 Å². The molecule has 1 aromatic rings. The first-order chi connectivity index (χ1) is 19.3. The van der Waals surface area contributed by atoms with Crippen LogP contribution in [0.15, 0.2) is 36.4 Å². The smallest absolute Gasteiger partial charge is 0.246 e. The summed E-state index contributed by atoms with van der Waals surface area (Å²) in [5, 5.41) is 6.79. The van der Waals surface area contributed by atoms with Gasteiger partial charge in [-0.05, 0) is 75.4 Å². The lowest BCUT2D eigenvalue weighted by molar-refractivity contribution is -0.141. The van der Waals surface area contributed by atoms with Gasteiger partial charge in [-0.25, -0.2) is 0 Å². The number of benzene rings is 1. The molecule has 4 fully saturated rings. The number of anilines is 1. The normalized spacial score (nSPS) is 36.7. The Morgan fingerprint density at radius 3 is 2.67 bits per heavy atom. The van der Waals surface area contributed by atoms with Gasteiger partial charge in [0.25, 0.3) is 0 Å². The zero-order valence-electron chi connectivity index (χ0n) is 23.5. The Kier molecular flexibility index (Phi) is 7.70. The zero-order valence-corrected chi connectivity index (χ0v) is 24.2. The maximum Gasteiger partial charge on any atom is 0.246 e. The highest BCUT2D eigenvalue weighted by molar-refractivity contribution is 6.30. The molecule has 40 heavy (non-hydrogen) atoms. The zero-order chi connectivity index (χ0) is 28.0. The third-order valence-corrected chi connectivity index (χ3v) is 10.4. The van der Waals surface area contributed by atoms with Crippen LogP contribution in [0, 0.1) is 23.7 Å². The van der Waals surface area contributed by atoms with E-state index in [0.717, 1.165) is 38.9 Å². The summed E-state index contributed by atoms with van der Waals surface area (Å²) in [5.41, 5.74) is -0.569. The fraction of sp³-hybridized carbons (Fsp3) is 0.645. The van der Waals surface area contributed by atoms with Gasteiger partial charge in [0.15, 0.2) is 0 Å². The molecule has 3 amide bonds. The van der Waals surface area contributed by atoms with E-state index >= 15 is 0 Å². The van der Waals surface area contributed by atoms with Crippen LogP contribution >= 0.6 is 11.6 Å². The lowest BCUT2D eigenvalue weighted by Crippen LogP contribution is -2.58. The van der Waals surface area contributed by atoms with Crippen LogP contribution in [0.3, 0.4) is 0 Å². The average molecular weight is 569 g/mol. The van der Waals surface area contributed by atoms with E-state index in [1.807, 2.05) is 12.2 Å². The third kappa shape index (κ3) is 4.86. The Balaban J connectivity index is 1.26. The summed E-state index contributed by atoms with van der Waals surface area (Å²) in [6, 6.07) is 6.24. The third-order valence-electron chi connectivity index (χ3n) is 10.1. The number of likely N-dealkylation sites (tertiary alicyclic amines) is 2. The molecule has 1 spiro atoms. The van der Waals surface area contributed by atoms with Gasteiger partial charge in [0, 0.05) is 23.3 Å². The van der Waals surface area contributed by atoms with Crippen LogP contribution in [0.2, 0.25) is 5.02 Å². The van der Waals surface area contributed by atoms with Gasteiger partial charge in [0.05, 0.1) is 17.9 Å². The summed E-state index contributed by atoms with van der Waals surface area (Å²) in [6.45, 7) is 7.98. The number of fused-ring (bicyclic) bond motifs is 1. The van der Waals surface area contributed by atoms with Crippen molar-refractivity contribution in [2.45, 2.75) is 76.2 Å². The van der Waals surface area contributed by atoms with Crippen molar-refractivity contribution in [2.75, 3.05) is 31.5 Å². The molecule has 216 valence electrons. The van der Waals surface area contributed by atoms with Crippen molar-refractivity contribution in [2.24, 2.45) is 23.7 Å². The maximum absolute atomic E-state index is 14.2. The molecular formula is C31H41ClN4O4. The van der Waals surface area contributed by atoms with E-state index in [-0.39, 0.29) is 23.8 Å². The molecule has 6 rings (SSSR count). The van der Waals surface area contributed by atoms with Crippen LogP contribution < -0.4 is 10.6 Å². The number of hydrogen-bond donors (Lipinski definition) is 2. The van der Waals surface area contributed by atoms with Crippen molar-refractivity contribution in [1.29, 1.82) is 0 Å². The molecular weight excluding hydrogens is 528 g/mol. The van der Waals surface area contributed by atoms with E-state index in [1.54, 1.807) is 29.2 Å². The van der Waals surface area contributed by atoms with Crippen molar-refractivity contribution < 1.29 is 19.1 Å². The summed E-state index contributed by atoms with van der Waals surface area (Å²) < 4.78 is 6.50. The Hall–Kier alpha value is -2.42. The van der Waals surface area contributed by atoms with Crippen LogP contribution in [0.1, 0.15) is 52.4 Å². The van der Waals surface area contributed by atoms with Crippen LogP contribution in [0.4, 0.5) is 5.69 Å². The number of carbonyl (C=O) groups excluding carboxylic acids is 3. The molecule has 0 unspecified atom stereocenters. The molecule has 9 heteroatoms. The summed E-state index contributed by atoms with van der Waals surface area (Å²) in [6.07, 6.45) is 9.59. The molecule has 0 aromatic heterocycles. The summed E-state index contributed by atoms with van der Waals surface area (Å²) in [5.74, 6) is -1.18. The minimum absolute atomic E-state index is 0.0674. The topological polar surface area (TPSA) is 91.0 Å². The highest BCUT2D eigenvalue weighted by Crippen LogP contribution is 2.55. The second kappa shape index (κ2) is 11.1. The number of nitrogens with zero attached hydrogens (tertiary/aromatic N) is 2. The van der Waals surface area contributed by atoms with Crippen molar-refractivity contribution in [3.05, 3.63) is 41.4 Å². The van der Waals surface area contributed by atoms with Gasteiger partial charge in [-0.2, -0.15) is 0 Å². The van der Waals surface area contributed by atoms with Gasteiger partial charge in [-0.15, -0.1) is 0 Å². The van der Waals surface area contributed by atoms with Crippen molar-refractivity contribution in [3.63, 3.8) is 0 Å². The quantitative estimate of drug-likeness (QED) is 0.465. The first-order valence-electron chi connectivity index (χ1n) is 15.1. The molecule has 1 aliphatic carbocycles. The molecule has 8 atom stereocenters. The number of nitrogens with one attached hydrogen (secondary N) is 2. The van der Waals surface area contributed by atoms with Crippen molar-refractivity contribution in [1.82, 2.24) is 15.1 Å². The molecule has 8 nitrogen and oxygen atoms in total. The highest BCUT2D eigenvalue weighted by Gasteiger charge is 2.72. The van der Waals surface area contributed by atoms with Gasteiger partial charge in [-0.1, -0.05) is 56.5 Å². The second-order valence-corrected chi connectivity index (χ2v) is 13.0. The van der Waals surface area contributed by atoms with E-state index in [4.69, 9.17) is 16.3 Å². The van der Waals surface area contributed by atoms with Gasteiger partial charge in [0.2, 0.25) is 17.7 Å². The van der Waals surface area contributed by atoms with E-state index in [0.29, 0.717) is 29.1 Å². The summed E-state index contributed by atoms with van der Waals surface area (Å²) in [4.78, 5) is 46.1. The lowest BCUT2D eigenvalue weighted by Gasteiger charge is -2.38. The SMILES string of the molecule is C[C@H]1[C@H](C)CCC[C@@H]1NC(=O)[C@@H]1N(CCCN2CCCC2)C(=O)[C@H]2[C@@H](C(=O)Nc3cccc(Cl)c3)[C@H]3C=C[C@@]12O3. The predicted octanol–water partition coefficient (Wildman–Crippen LogP) is 3.86. The monoisotopic (exact) mass is 568 g/mol. The number of amides is 3. The van der Waals surface area contributed by atoms with Gasteiger partial charge in [0.1, 0.15) is 11.6 Å². The van der Waals surface area contributed by atoms with Crippen LogP contribution in [0.5, 0.6) is 0 Å². The first kappa shape index (κ1) is 27.7. The Morgan fingerprint density at radius 2 is 1.90 bits per heavy atom. The second-order valence-electron chi connectivity index (χ2n) is 12.5. The number of ether oxygens (including phenoxy) is 1. The maximum atomic E-state index is 14.2. The van der Waals surface area contributed by atoms with Crippen molar-refractivity contribution >= 4 is 35.0 Å². The number of halogens is 1. The fourth-order valence-electron chi connectivity index (χ4n) is 7.82. The standard InChI is InChI=1S/C31H41ClN4O4/c1-19-8-5-11-23(20(19)2)34-29(38)27-31-13-12-24(40-31)25(28(37)33-22-10-6-9-21(32)18-22)26(31)30(39)36(27)17-7-16-35-14-3-4-15-35/h6,9-10,12-13,18-20,23-27H,3-5,7-8,11,14-17H2,1-2H3,(H,33,37)(H,34,38)/t19-,20+,23+,24-,25+,26-,27+,31+/m1/s1. The van der Waals surface area contributed by atoms with E-state index < -0.39 is 29.6 Å². The molecule has 4 aliphatic heterocycles. The molecule has 0 radical (unpaired) electrons. The Labute approximate surface area is 241 Å². The fourth-order valence-corrected chi connectivity index (χ4v) is 8.01. The molecule has 3 saturated heterocycles. The number of rotatable bonds is 8. The number of hydrogen-bond acceptors (Lipinski definition) is 5. The van der Waals surface area contributed by atoms with Crippen LogP contribution in [-0.4, -0.2) is 77.5 Å². The predicted molar refractivity (Wildman–Crippen MR) is 154 cm³/mol. The molecule has 2 bridgehead atoms. The van der Waals surface area contributed by atoms with Gasteiger partial charge < -0.3 is 25.2 Å². The van der Waals surface area contributed by atoms with Gasteiger partial charge in [-0.3, -0.25) is 14.4 Å². The van der Waals surface area contributed by atoms with E-state index in [2.05, 4.69) is 29.4 Å². The minimum atomic E-state index is -1.14. The largest absolute Gasteiger partial charge is 0.359 e. The Bertz CT molecular complexity index is 1190. The van der Waals surface area contributed by atoms with E-state index in [1.165, 1.54) is 19.3 Å². The number of carbonyl (C=O) groups is 3. The average Bonchev–Trinajstić information content (AvgIpc) is 3.70. The molecule has 4 heterocycles. The molecule has 2 N–H and O–H groups in total.